The zero-order valence-electron chi connectivity index (χ0n) is 12.1. The van der Waals surface area contributed by atoms with Gasteiger partial charge in [-0.1, -0.05) is 30.3 Å². The van der Waals surface area contributed by atoms with Gasteiger partial charge in [0.25, 0.3) is 0 Å². The van der Waals surface area contributed by atoms with E-state index in [9.17, 15) is 0 Å². The van der Waals surface area contributed by atoms with Crippen LogP contribution in [-0.4, -0.2) is 42.5 Å². The molecule has 104 valence electrons. The third kappa shape index (κ3) is 3.80. The van der Waals surface area contributed by atoms with E-state index in [2.05, 4.69) is 47.2 Å². The summed E-state index contributed by atoms with van der Waals surface area (Å²) in [5.74, 6) is 1.03. The fourth-order valence-corrected chi connectivity index (χ4v) is 3.22. The van der Waals surface area contributed by atoms with Crippen LogP contribution in [-0.2, 0) is 6.54 Å². The Hall–Kier alpha value is -0.860. The molecule has 1 atom stereocenters. The molecule has 1 saturated heterocycles. The average Bonchev–Trinajstić information content (AvgIpc) is 3.24. The van der Waals surface area contributed by atoms with Crippen molar-refractivity contribution in [2.45, 2.75) is 38.3 Å². The Bertz CT molecular complexity index is 386. The predicted molar refractivity (Wildman–Crippen MR) is 80.1 cm³/mol. The second-order valence-corrected chi connectivity index (χ2v) is 6.40. The van der Waals surface area contributed by atoms with Gasteiger partial charge in [-0.3, -0.25) is 4.90 Å². The Morgan fingerprint density at radius 3 is 2.68 bits per heavy atom. The van der Waals surface area contributed by atoms with Crippen LogP contribution in [0.2, 0.25) is 0 Å². The number of likely N-dealkylation sites (N-methyl/N-ethyl adjacent to an activating group) is 1. The fraction of sp³-hybridized carbons (Fsp3) is 0.647. The lowest BCUT2D eigenvalue weighted by atomic mass is 10.0. The van der Waals surface area contributed by atoms with Gasteiger partial charge >= 0.3 is 0 Å². The zero-order valence-corrected chi connectivity index (χ0v) is 12.1. The van der Waals surface area contributed by atoms with E-state index in [1.54, 1.807) is 0 Å². The molecule has 2 nitrogen and oxygen atoms in total. The third-order valence-electron chi connectivity index (χ3n) is 4.59. The largest absolute Gasteiger partial charge is 0.302 e. The van der Waals surface area contributed by atoms with Gasteiger partial charge in [0.05, 0.1) is 0 Å². The van der Waals surface area contributed by atoms with Crippen molar-refractivity contribution in [3.63, 3.8) is 0 Å². The Morgan fingerprint density at radius 2 is 1.95 bits per heavy atom. The maximum atomic E-state index is 2.70. The molecule has 2 heteroatoms. The summed E-state index contributed by atoms with van der Waals surface area (Å²) in [6.45, 7) is 5.05. The molecular formula is C17H26N2. The molecule has 0 unspecified atom stereocenters. The molecule has 0 radical (unpaired) electrons. The minimum absolute atomic E-state index is 0.743. The van der Waals surface area contributed by atoms with Crippen molar-refractivity contribution in [3.05, 3.63) is 35.9 Å². The molecule has 1 aromatic carbocycles. The predicted octanol–water partition coefficient (Wildman–Crippen LogP) is 2.99. The monoisotopic (exact) mass is 258 g/mol. The molecule has 0 aromatic heterocycles. The van der Waals surface area contributed by atoms with Crippen molar-refractivity contribution in [1.29, 1.82) is 0 Å². The van der Waals surface area contributed by atoms with Crippen molar-refractivity contribution in [2.24, 2.45) is 5.92 Å². The van der Waals surface area contributed by atoms with E-state index in [4.69, 9.17) is 0 Å². The van der Waals surface area contributed by atoms with Crippen LogP contribution >= 0.6 is 0 Å². The van der Waals surface area contributed by atoms with Crippen LogP contribution in [0.3, 0.4) is 0 Å². The van der Waals surface area contributed by atoms with Crippen LogP contribution in [0, 0.1) is 5.92 Å². The molecule has 1 saturated carbocycles. The standard InChI is InChI=1S/C17H26N2/c1-18(12-15-6-3-2-4-7-15)17-8-5-11-19(14-17)13-16-9-10-16/h2-4,6-7,16-17H,5,8-14H2,1H3/t17-/m0/s1. The van der Waals surface area contributed by atoms with E-state index in [1.165, 1.54) is 50.9 Å². The minimum Gasteiger partial charge on any atom is -0.302 e. The molecule has 0 N–H and O–H groups in total. The summed E-state index contributed by atoms with van der Waals surface area (Å²) >= 11 is 0. The number of piperidine rings is 1. The Labute approximate surface area is 117 Å². The fourth-order valence-electron chi connectivity index (χ4n) is 3.22. The van der Waals surface area contributed by atoms with Gasteiger partial charge in [0.2, 0.25) is 0 Å². The summed E-state index contributed by atoms with van der Waals surface area (Å²) in [4.78, 5) is 5.25. The molecule has 2 aliphatic rings. The molecule has 1 heterocycles. The molecule has 0 bridgehead atoms. The molecule has 0 amide bonds. The first-order valence-electron chi connectivity index (χ1n) is 7.78. The van der Waals surface area contributed by atoms with Crippen LogP contribution in [0.5, 0.6) is 0 Å². The van der Waals surface area contributed by atoms with E-state index >= 15 is 0 Å². The summed E-state index contributed by atoms with van der Waals surface area (Å²) in [7, 11) is 2.29. The molecule has 19 heavy (non-hydrogen) atoms. The van der Waals surface area contributed by atoms with Gasteiger partial charge in [-0.25, -0.2) is 0 Å². The average molecular weight is 258 g/mol. The quantitative estimate of drug-likeness (QED) is 0.801. The van der Waals surface area contributed by atoms with Gasteiger partial charge in [0.1, 0.15) is 0 Å². The third-order valence-corrected chi connectivity index (χ3v) is 4.59. The van der Waals surface area contributed by atoms with Gasteiger partial charge in [0.15, 0.2) is 0 Å². The first-order chi connectivity index (χ1) is 9.31. The molecule has 2 fully saturated rings. The zero-order chi connectivity index (χ0) is 13.1. The lowest BCUT2D eigenvalue weighted by Gasteiger charge is -2.37. The molecular weight excluding hydrogens is 232 g/mol. The van der Waals surface area contributed by atoms with E-state index in [0.717, 1.165) is 18.5 Å². The highest BCUT2D eigenvalue weighted by atomic mass is 15.2. The van der Waals surface area contributed by atoms with E-state index in [-0.39, 0.29) is 0 Å². The van der Waals surface area contributed by atoms with Gasteiger partial charge in [0, 0.05) is 25.7 Å². The maximum absolute atomic E-state index is 2.70. The summed E-state index contributed by atoms with van der Waals surface area (Å²) in [5.41, 5.74) is 1.43. The maximum Gasteiger partial charge on any atom is 0.0234 e. The van der Waals surface area contributed by atoms with Crippen LogP contribution in [0.15, 0.2) is 30.3 Å². The highest BCUT2D eigenvalue weighted by Crippen LogP contribution is 2.31. The second kappa shape index (κ2) is 6.06. The first-order valence-corrected chi connectivity index (χ1v) is 7.78. The molecule has 1 aliphatic carbocycles. The van der Waals surface area contributed by atoms with Crippen LogP contribution in [0.1, 0.15) is 31.2 Å². The summed E-state index contributed by atoms with van der Waals surface area (Å²) in [5, 5.41) is 0. The van der Waals surface area contributed by atoms with E-state index in [1.807, 2.05) is 0 Å². The lowest BCUT2D eigenvalue weighted by Crippen LogP contribution is -2.46. The van der Waals surface area contributed by atoms with Crippen molar-refractivity contribution in [2.75, 3.05) is 26.7 Å². The first kappa shape index (κ1) is 13.1. The van der Waals surface area contributed by atoms with Gasteiger partial charge in [-0.2, -0.15) is 0 Å². The van der Waals surface area contributed by atoms with Gasteiger partial charge in [-0.15, -0.1) is 0 Å². The second-order valence-electron chi connectivity index (χ2n) is 6.40. The summed E-state index contributed by atoms with van der Waals surface area (Å²) in [6, 6.07) is 11.6. The molecule has 1 aliphatic heterocycles. The normalized spacial score (nSPS) is 24.8. The SMILES string of the molecule is CN(Cc1ccccc1)[C@H]1CCCN(CC2CC2)C1. The highest BCUT2D eigenvalue weighted by molar-refractivity contribution is 5.14. The van der Waals surface area contributed by atoms with Crippen LogP contribution in [0.25, 0.3) is 0 Å². The summed E-state index contributed by atoms with van der Waals surface area (Å²) in [6.07, 6.45) is 5.68. The number of benzene rings is 1. The van der Waals surface area contributed by atoms with Gasteiger partial charge < -0.3 is 4.90 Å². The molecule has 3 rings (SSSR count). The topological polar surface area (TPSA) is 6.48 Å². The van der Waals surface area contributed by atoms with E-state index < -0.39 is 0 Å². The number of nitrogens with zero attached hydrogens (tertiary/aromatic N) is 2. The lowest BCUT2D eigenvalue weighted by molar-refractivity contribution is 0.108. The van der Waals surface area contributed by atoms with Crippen LogP contribution in [0.4, 0.5) is 0 Å². The van der Waals surface area contributed by atoms with Gasteiger partial charge in [-0.05, 0) is 50.8 Å². The smallest absolute Gasteiger partial charge is 0.0234 e. The molecule has 0 spiro atoms. The van der Waals surface area contributed by atoms with E-state index in [0.29, 0.717) is 0 Å². The summed E-state index contributed by atoms with van der Waals surface area (Å²) < 4.78 is 0. The Morgan fingerprint density at radius 1 is 1.16 bits per heavy atom. The Kier molecular flexibility index (Phi) is 4.19. The number of hydrogen-bond acceptors (Lipinski definition) is 2. The number of hydrogen-bond donors (Lipinski definition) is 0. The van der Waals surface area contributed by atoms with Crippen molar-refractivity contribution < 1.29 is 0 Å². The van der Waals surface area contributed by atoms with Crippen molar-refractivity contribution >= 4 is 0 Å². The Balaban J connectivity index is 1.52. The van der Waals surface area contributed by atoms with Crippen molar-refractivity contribution in [3.8, 4) is 0 Å². The molecule has 1 aromatic rings. The highest BCUT2D eigenvalue weighted by Gasteiger charge is 2.28. The van der Waals surface area contributed by atoms with Crippen LogP contribution < -0.4 is 0 Å². The number of rotatable bonds is 5. The number of likely N-dealkylation sites (tertiary alicyclic amines) is 1. The minimum atomic E-state index is 0.743. The van der Waals surface area contributed by atoms with Crippen molar-refractivity contribution in [1.82, 2.24) is 9.80 Å².